The first-order valence-corrected chi connectivity index (χ1v) is 6.29. The summed E-state index contributed by atoms with van der Waals surface area (Å²) in [5, 5.41) is 3.18. The van der Waals surface area contributed by atoms with E-state index >= 15 is 0 Å². The van der Waals surface area contributed by atoms with Crippen molar-refractivity contribution >= 4 is 23.3 Å². The van der Waals surface area contributed by atoms with Crippen LogP contribution in [0.2, 0.25) is 5.02 Å². The van der Waals surface area contributed by atoms with Crippen molar-refractivity contribution in [3.63, 3.8) is 0 Å². The van der Waals surface area contributed by atoms with Gasteiger partial charge in [-0.25, -0.2) is 10.8 Å². The molecule has 0 fully saturated rings. The van der Waals surface area contributed by atoms with Crippen molar-refractivity contribution in [2.75, 3.05) is 19.1 Å². The SMILES string of the molecule is COCC(NC(=O)c1cnc(NN)c(Cl)c1)C(C)C. The zero-order chi connectivity index (χ0) is 14.4. The van der Waals surface area contributed by atoms with Crippen molar-refractivity contribution in [2.45, 2.75) is 19.9 Å². The molecule has 0 saturated carbocycles. The Morgan fingerprint density at radius 2 is 2.26 bits per heavy atom. The average Bonchev–Trinajstić information content (AvgIpc) is 2.37. The van der Waals surface area contributed by atoms with Gasteiger partial charge in [0.25, 0.3) is 5.91 Å². The summed E-state index contributed by atoms with van der Waals surface area (Å²) in [6, 6.07) is 1.45. The smallest absolute Gasteiger partial charge is 0.253 e. The summed E-state index contributed by atoms with van der Waals surface area (Å²) in [5.74, 6) is 5.57. The highest BCUT2D eigenvalue weighted by Crippen LogP contribution is 2.19. The van der Waals surface area contributed by atoms with Crippen LogP contribution in [0.5, 0.6) is 0 Å². The van der Waals surface area contributed by atoms with E-state index in [0.717, 1.165) is 0 Å². The van der Waals surface area contributed by atoms with Crippen LogP contribution in [-0.4, -0.2) is 30.6 Å². The van der Waals surface area contributed by atoms with Gasteiger partial charge in [0.15, 0.2) is 5.82 Å². The molecule has 1 rings (SSSR count). The molecular weight excluding hydrogens is 268 g/mol. The molecule has 1 aromatic heterocycles. The van der Waals surface area contributed by atoms with E-state index in [1.165, 1.54) is 12.3 Å². The van der Waals surface area contributed by atoms with Gasteiger partial charge in [-0.15, -0.1) is 0 Å². The molecule has 19 heavy (non-hydrogen) atoms. The first-order valence-electron chi connectivity index (χ1n) is 5.91. The number of rotatable bonds is 6. The van der Waals surface area contributed by atoms with Crippen molar-refractivity contribution in [1.82, 2.24) is 10.3 Å². The van der Waals surface area contributed by atoms with Crippen LogP contribution in [0.3, 0.4) is 0 Å². The molecule has 0 aliphatic rings. The number of pyridine rings is 1. The lowest BCUT2D eigenvalue weighted by molar-refractivity contribution is 0.0866. The number of nitrogen functional groups attached to an aromatic ring is 1. The molecule has 7 heteroatoms. The van der Waals surface area contributed by atoms with E-state index in [1.807, 2.05) is 13.8 Å². The number of carbonyl (C=O) groups is 1. The Balaban J connectivity index is 2.79. The second kappa shape index (κ2) is 7.28. The van der Waals surface area contributed by atoms with E-state index in [1.54, 1.807) is 7.11 Å². The van der Waals surface area contributed by atoms with Crippen LogP contribution in [-0.2, 0) is 4.74 Å². The van der Waals surface area contributed by atoms with Gasteiger partial charge in [-0.1, -0.05) is 25.4 Å². The van der Waals surface area contributed by atoms with Crippen LogP contribution in [0, 0.1) is 5.92 Å². The van der Waals surface area contributed by atoms with E-state index in [-0.39, 0.29) is 17.9 Å². The Morgan fingerprint density at radius 3 is 2.74 bits per heavy atom. The third kappa shape index (κ3) is 4.34. The molecule has 1 atom stereocenters. The van der Waals surface area contributed by atoms with E-state index in [4.69, 9.17) is 22.2 Å². The third-order valence-corrected chi connectivity index (χ3v) is 3.00. The Morgan fingerprint density at radius 1 is 1.58 bits per heavy atom. The molecule has 0 aromatic carbocycles. The largest absolute Gasteiger partial charge is 0.383 e. The first-order chi connectivity index (χ1) is 8.99. The van der Waals surface area contributed by atoms with Crippen molar-refractivity contribution < 1.29 is 9.53 Å². The van der Waals surface area contributed by atoms with Crippen LogP contribution in [0.15, 0.2) is 12.3 Å². The molecule has 0 spiro atoms. The van der Waals surface area contributed by atoms with Gasteiger partial charge in [0.2, 0.25) is 0 Å². The number of ether oxygens (including phenoxy) is 1. The summed E-state index contributed by atoms with van der Waals surface area (Å²) in [6.07, 6.45) is 1.42. The summed E-state index contributed by atoms with van der Waals surface area (Å²) in [6.45, 7) is 4.47. The lowest BCUT2D eigenvalue weighted by Crippen LogP contribution is -2.41. The topological polar surface area (TPSA) is 89.3 Å². The summed E-state index contributed by atoms with van der Waals surface area (Å²) in [4.78, 5) is 16.0. The van der Waals surface area contributed by atoms with Gasteiger partial charge in [0.05, 0.1) is 23.2 Å². The Labute approximate surface area is 117 Å². The monoisotopic (exact) mass is 286 g/mol. The van der Waals surface area contributed by atoms with Gasteiger partial charge >= 0.3 is 0 Å². The quantitative estimate of drug-likeness (QED) is 0.544. The maximum Gasteiger partial charge on any atom is 0.253 e. The van der Waals surface area contributed by atoms with Gasteiger partial charge < -0.3 is 15.5 Å². The molecule has 0 aliphatic heterocycles. The molecule has 0 bridgehead atoms. The zero-order valence-electron chi connectivity index (χ0n) is 11.2. The van der Waals surface area contributed by atoms with Crippen molar-refractivity contribution in [2.24, 2.45) is 11.8 Å². The van der Waals surface area contributed by atoms with Crippen molar-refractivity contribution in [1.29, 1.82) is 0 Å². The number of halogens is 1. The summed E-state index contributed by atoms with van der Waals surface area (Å²) in [7, 11) is 1.60. The highest BCUT2D eigenvalue weighted by Gasteiger charge is 2.18. The number of nitrogens with two attached hydrogens (primary N) is 1. The number of hydrogen-bond donors (Lipinski definition) is 3. The standard InChI is InChI=1S/C12H19ClN4O2/c1-7(2)10(6-19-3)16-12(18)8-4-9(13)11(17-14)15-5-8/h4-5,7,10H,6,14H2,1-3H3,(H,15,17)(H,16,18). The number of nitrogens with one attached hydrogen (secondary N) is 2. The number of amides is 1. The number of anilines is 1. The molecule has 1 heterocycles. The minimum Gasteiger partial charge on any atom is -0.383 e. The molecule has 106 valence electrons. The van der Waals surface area contributed by atoms with Gasteiger partial charge in [-0.2, -0.15) is 0 Å². The summed E-state index contributed by atoms with van der Waals surface area (Å²) < 4.78 is 5.08. The molecule has 0 aliphatic carbocycles. The van der Waals surface area contributed by atoms with Gasteiger partial charge in [-0.3, -0.25) is 4.79 Å². The zero-order valence-corrected chi connectivity index (χ0v) is 12.0. The number of aromatic nitrogens is 1. The predicted octanol–water partition coefficient (Wildman–Crippen LogP) is 1.42. The Bertz CT molecular complexity index is 440. The third-order valence-electron chi connectivity index (χ3n) is 2.71. The van der Waals surface area contributed by atoms with Gasteiger partial charge in [0, 0.05) is 13.3 Å². The normalized spacial score (nSPS) is 12.3. The second-order valence-electron chi connectivity index (χ2n) is 4.48. The second-order valence-corrected chi connectivity index (χ2v) is 4.89. The first kappa shape index (κ1) is 15.7. The van der Waals surface area contributed by atoms with Crippen molar-refractivity contribution in [3.05, 3.63) is 22.8 Å². The van der Waals surface area contributed by atoms with Crippen LogP contribution < -0.4 is 16.6 Å². The summed E-state index contributed by atoms with van der Waals surface area (Å²) in [5.41, 5.74) is 2.73. The van der Waals surface area contributed by atoms with Gasteiger partial charge in [-0.05, 0) is 12.0 Å². The van der Waals surface area contributed by atoms with Crippen LogP contribution >= 0.6 is 11.6 Å². The molecule has 6 nitrogen and oxygen atoms in total. The fraction of sp³-hybridized carbons (Fsp3) is 0.500. The minimum atomic E-state index is -0.242. The maximum absolute atomic E-state index is 12.1. The maximum atomic E-state index is 12.1. The lowest BCUT2D eigenvalue weighted by atomic mass is 10.0. The van der Waals surface area contributed by atoms with Crippen LogP contribution in [0.25, 0.3) is 0 Å². The Kier molecular flexibility index (Phi) is 6.01. The molecular formula is C12H19ClN4O2. The van der Waals surface area contributed by atoms with Crippen molar-refractivity contribution in [3.8, 4) is 0 Å². The fourth-order valence-corrected chi connectivity index (χ4v) is 1.72. The lowest BCUT2D eigenvalue weighted by Gasteiger charge is -2.21. The van der Waals surface area contributed by atoms with Crippen LogP contribution in [0.4, 0.5) is 5.82 Å². The minimum absolute atomic E-state index is 0.0661. The molecule has 0 radical (unpaired) electrons. The van der Waals surface area contributed by atoms with E-state index in [2.05, 4.69) is 15.7 Å². The predicted molar refractivity (Wildman–Crippen MR) is 75.0 cm³/mol. The van der Waals surface area contributed by atoms with Gasteiger partial charge in [0.1, 0.15) is 0 Å². The highest BCUT2D eigenvalue weighted by molar-refractivity contribution is 6.33. The van der Waals surface area contributed by atoms with Crippen LogP contribution in [0.1, 0.15) is 24.2 Å². The molecule has 0 saturated heterocycles. The molecule has 1 unspecified atom stereocenters. The number of carbonyl (C=O) groups excluding carboxylic acids is 1. The van der Waals surface area contributed by atoms with E-state index in [9.17, 15) is 4.79 Å². The fourth-order valence-electron chi connectivity index (χ4n) is 1.50. The van der Waals surface area contributed by atoms with E-state index < -0.39 is 0 Å². The average molecular weight is 287 g/mol. The number of methoxy groups -OCH3 is 1. The molecule has 4 N–H and O–H groups in total. The number of hydrazine groups is 1. The molecule has 1 amide bonds. The number of nitrogens with zero attached hydrogens (tertiary/aromatic N) is 1. The van der Waals surface area contributed by atoms with E-state index in [0.29, 0.717) is 23.0 Å². The summed E-state index contributed by atoms with van der Waals surface area (Å²) >= 11 is 5.92. The Hall–Kier alpha value is -1.37. The highest BCUT2D eigenvalue weighted by atomic mass is 35.5. The number of hydrogen-bond acceptors (Lipinski definition) is 5. The molecule has 1 aromatic rings.